The molecular formula is C20H25CoFN5O4-3. The molecular weight excluding hydrogens is 452 g/mol. The van der Waals surface area contributed by atoms with Crippen molar-refractivity contribution in [3.05, 3.63) is 83.6 Å². The van der Waals surface area contributed by atoms with E-state index in [1.165, 1.54) is 39.8 Å². The fourth-order valence-corrected chi connectivity index (χ4v) is 1.13. The molecule has 0 amide bonds. The number of halogens is 1. The van der Waals surface area contributed by atoms with Crippen molar-refractivity contribution in [1.29, 1.82) is 0 Å². The average molecular weight is 477 g/mol. The molecule has 0 bridgehead atoms. The number of rotatable bonds is 2. The van der Waals surface area contributed by atoms with Crippen LogP contribution in [-0.4, -0.2) is 38.2 Å². The Kier molecular flexibility index (Phi) is 22.1. The molecule has 9 nitrogen and oxygen atoms in total. The quantitative estimate of drug-likeness (QED) is 0.279. The molecule has 0 spiro atoms. The van der Waals surface area contributed by atoms with Gasteiger partial charge in [-0.25, -0.2) is 4.39 Å². The van der Waals surface area contributed by atoms with E-state index in [0.717, 1.165) is 0 Å². The van der Waals surface area contributed by atoms with Crippen LogP contribution in [0.15, 0.2) is 75.5 Å². The summed E-state index contributed by atoms with van der Waals surface area (Å²) in [5.41, 5.74) is 1.62. The van der Waals surface area contributed by atoms with Crippen molar-refractivity contribution in [1.82, 2.24) is 4.98 Å². The van der Waals surface area contributed by atoms with Gasteiger partial charge in [-0.15, -0.1) is 12.1 Å². The molecule has 1 aromatic carbocycles. The van der Waals surface area contributed by atoms with Gasteiger partial charge in [-0.1, -0.05) is 22.4 Å². The molecule has 0 unspecified atom stereocenters. The number of aromatic nitrogens is 1. The minimum Gasteiger partial charge on any atom is -0.792 e. The normalized spacial score (nSPS) is 11.3. The molecule has 0 saturated heterocycles. The van der Waals surface area contributed by atoms with Crippen LogP contribution in [-0.2, 0) is 16.8 Å². The Hall–Kier alpha value is -3.44. The van der Waals surface area contributed by atoms with Gasteiger partial charge in [-0.3, -0.25) is 4.98 Å². The minimum absolute atomic E-state index is 0. The molecule has 0 atom stereocenters. The van der Waals surface area contributed by atoms with E-state index in [0.29, 0.717) is 5.56 Å². The summed E-state index contributed by atoms with van der Waals surface area (Å²) in [6.45, 7) is 9.48. The van der Waals surface area contributed by atoms with Gasteiger partial charge in [0, 0.05) is 29.2 Å². The SMILES string of the molecule is CC(=N\[O-])/C(C)=N/O.CC(=N\[O-])/C(C)=N/O.[CH2-]c1cccc(F)c1.[Co].c1ccncc1. The molecule has 0 aliphatic rings. The third-order valence-corrected chi connectivity index (χ3v) is 3.08. The van der Waals surface area contributed by atoms with Gasteiger partial charge < -0.3 is 31.1 Å². The third kappa shape index (κ3) is 19.6. The molecule has 1 aromatic heterocycles. The van der Waals surface area contributed by atoms with Crippen molar-refractivity contribution in [3.63, 3.8) is 0 Å². The van der Waals surface area contributed by atoms with Crippen LogP contribution >= 0.6 is 0 Å². The average Bonchev–Trinajstić information content (AvgIpc) is 2.79. The molecule has 11 heteroatoms. The van der Waals surface area contributed by atoms with Gasteiger partial charge in [0.2, 0.25) is 0 Å². The summed E-state index contributed by atoms with van der Waals surface area (Å²) in [6, 6.07) is 11.9. The Morgan fingerprint density at radius 3 is 1.45 bits per heavy atom. The summed E-state index contributed by atoms with van der Waals surface area (Å²) < 4.78 is 12.1. The zero-order chi connectivity index (χ0) is 23.4. The maximum atomic E-state index is 12.1. The van der Waals surface area contributed by atoms with E-state index >= 15 is 0 Å². The first-order valence-corrected chi connectivity index (χ1v) is 8.37. The molecule has 173 valence electrons. The molecule has 0 fully saturated rings. The molecule has 1 heterocycles. The monoisotopic (exact) mass is 477 g/mol. The summed E-state index contributed by atoms with van der Waals surface area (Å²) in [5.74, 6) is -0.225. The number of hydrogen-bond donors (Lipinski definition) is 2. The summed E-state index contributed by atoms with van der Waals surface area (Å²) in [4.78, 5) is 3.78. The van der Waals surface area contributed by atoms with Gasteiger partial charge in [0.1, 0.15) is 0 Å². The zero-order valence-electron chi connectivity index (χ0n) is 17.6. The maximum Gasteiger partial charge on any atom is 0.0967 e. The predicted octanol–water partition coefficient (Wildman–Crippen LogP) is 4.68. The molecule has 0 aliphatic heterocycles. The van der Waals surface area contributed by atoms with Gasteiger partial charge in [0.25, 0.3) is 0 Å². The minimum atomic E-state index is -0.225. The fraction of sp³-hybridized carbons (Fsp3) is 0.200. The van der Waals surface area contributed by atoms with Crippen molar-refractivity contribution in [3.8, 4) is 0 Å². The van der Waals surface area contributed by atoms with Crippen LogP contribution in [0, 0.1) is 23.2 Å². The Labute approximate surface area is 191 Å². The Morgan fingerprint density at radius 2 is 1.29 bits per heavy atom. The second-order valence-electron chi connectivity index (χ2n) is 5.38. The van der Waals surface area contributed by atoms with Gasteiger partial charge in [0.15, 0.2) is 0 Å². The Morgan fingerprint density at radius 1 is 0.839 bits per heavy atom. The molecule has 1 radical (unpaired) electrons. The molecule has 31 heavy (non-hydrogen) atoms. The largest absolute Gasteiger partial charge is 0.792 e. The summed E-state index contributed by atoms with van der Waals surface area (Å²) in [5, 5.41) is 45.8. The van der Waals surface area contributed by atoms with E-state index < -0.39 is 0 Å². The van der Waals surface area contributed by atoms with Crippen molar-refractivity contribution in [2.45, 2.75) is 27.7 Å². The molecule has 2 aromatic rings. The zero-order valence-corrected chi connectivity index (χ0v) is 18.6. The molecule has 0 aliphatic carbocycles. The van der Waals surface area contributed by atoms with Crippen molar-refractivity contribution >= 4 is 22.8 Å². The molecule has 2 rings (SSSR count). The van der Waals surface area contributed by atoms with Crippen LogP contribution in [0.2, 0.25) is 0 Å². The van der Waals surface area contributed by atoms with Gasteiger partial charge in [-0.05, 0) is 39.8 Å². The summed E-state index contributed by atoms with van der Waals surface area (Å²) in [7, 11) is 0. The first kappa shape index (κ1) is 32.2. The third-order valence-electron chi connectivity index (χ3n) is 3.08. The number of pyridine rings is 1. The second-order valence-corrected chi connectivity index (χ2v) is 5.38. The number of oxime groups is 2. The Balaban J connectivity index is -0.000000335. The first-order valence-electron chi connectivity index (χ1n) is 8.37. The summed E-state index contributed by atoms with van der Waals surface area (Å²) >= 11 is 0. The van der Waals surface area contributed by atoms with Crippen molar-refractivity contribution in [2.24, 2.45) is 20.6 Å². The van der Waals surface area contributed by atoms with Crippen molar-refractivity contribution < 1.29 is 31.6 Å². The van der Waals surface area contributed by atoms with E-state index in [1.807, 2.05) is 18.2 Å². The van der Waals surface area contributed by atoms with E-state index in [1.54, 1.807) is 24.5 Å². The van der Waals surface area contributed by atoms with Crippen molar-refractivity contribution in [2.75, 3.05) is 0 Å². The number of nitrogens with zero attached hydrogens (tertiary/aromatic N) is 5. The standard InChI is InChI=1S/C7H6F.C5H5N.2C4H8N2O2.Co/c1-6-3-2-4-7(8)5-6;1-2-4-6-5-3-1;2*1-3(5-7)4(2)6-8;/h2-5H,1H2;1-5H;2*7-8H,1-2H3;/q-1;;;;/p-2/b;;2*5-3+,6-4+;. The van der Waals surface area contributed by atoms with E-state index in [2.05, 4.69) is 32.5 Å². The van der Waals surface area contributed by atoms with Gasteiger partial charge in [-0.2, -0.15) is 18.6 Å². The maximum absolute atomic E-state index is 12.1. The van der Waals surface area contributed by atoms with Crippen LogP contribution in [0.5, 0.6) is 0 Å². The fourth-order valence-electron chi connectivity index (χ4n) is 1.13. The van der Waals surface area contributed by atoms with Crippen LogP contribution in [0.3, 0.4) is 0 Å². The first-order chi connectivity index (χ1) is 14.2. The van der Waals surface area contributed by atoms with Gasteiger partial charge in [0.05, 0.1) is 28.7 Å². The van der Waals surface area contributed by atoms with E-state index in [4.69, 9.17) is 10.4 Å². The van der Waals surface area contributed by atoms with Crippen LogP contribution in [0.4, 0.5) is 4.39 Å². The van der Waals surface area contributed by atoms with E-state index in [-0.39, 0.29) is 45.4 Å². The second kappa shape index (κ2) is 21.3. The summed E-state index contributed by atoms with van der Waals surface area (Å²) in [6.07, 6.45) is 3.50. The van der Waals surface area contributed by atoms with Crippen LogP contribution in [0.1, 0.15) is 33.3 Å². The predicted molar refractivity (Wildman–Crippen MR) is 118 cm³/mol. The van der Waals surface area contributed by atoms with E-state index in [9.17, 15) is 14.8 Å². The molecule has 2 N–H and O–H groups in total. The topological polar surface area (TPSA) is 149 Å². The van der Waals surface area contributed by atoms with Gasteiger partial charge >= 0.3 is 0 Å². The van der Waals surface area contributed by atoms with Crippen LogP contribution in [0.25, 0.3) is 0 Å². The smallest absolute Gasteiger partial charge is 0.0967 e. The Bertz CT molecular complexity index is 723. The molecule has 0 saturated carbocycles. The number of hydrogen-bond acceptors (Lipinski definition) is 9. The van der Waals surface area contributed by atoms with Crippen LogP contribution < -0.4 is 0 Å². The number of benzene rings is 1.